The van der Waals surface area contributed by atoms with Crippen molar-refractivity contribution in [2.45, 2.75) is 19.6 Å². The lowest BCUT2D eigenvalue weighted by Crippen LogP contribution is -1.84. The van der Waals surface area contributed by atoms with Crippen LogP contribution in [0, 0.1) is 0 Å². The van der Waals surface area contributed by atoms with Gasteiger partial charge in [0.15, 0.2) is 0 Å². The Bertz CT molecular complexity index is 110. The molecule has 0 radical (unpaired) electrons. The summed E-state index contributed by atoms with van der Waals surface area (Å²) in [5.74, 6) is 0. The average Bonchev–Trinajstić information content (AvgIpc) is 1.90. The van der Waals surface area contributed by atoms with E-state index < -0.39 is 0 Å². The Kier molecular flexibility index (Phi) is 6.08. The fourth-order valence-electron chi connectivity index (χ4n) is 0.313. The van der Waals surface area contributed by atoms with Crippen LogP contribution in [0.3, 0.4) is 0 Å². The van der Waals surface area contributed by atoms with Gasteiger partial charge in [0, 0.05) is 21.2 Å². The van der Waals surface area contributed by atoms with Crippen LogP contribution in [0.5, 0.6) is 0 Å². The Labute approximate surface area is 64.7 Å². The van der Waals surface area contributed by atoms with Crippen LogP contribution >= 0.6 is 0 Å². The summed E-state index contributed by atoms with van der Waals surface area (Å²) >= 11 is 0. The van der Waals surface area contributed by atoms with Crippen molar-refractivity contribution < 1.29 is 0 Å². The van der Waals surface area contributed by atoms with E-state index in [0.29, 0.717) is 0 Å². The van der Waals surface area contributed by atoms with Gasteiger partial charge in [-0.15, -0.1) is 0 Å². The fraction of sp³-hybridized carbons (Fsp3) is 0.375. The molecular weight excluding hydrogens is 138 g/mol. The number of aromatic nitrogens is 1. The summed E-state index contributed by atoms with van der Waals surface area (Å²) in [7, 11) is -0.139. The van der Waals surface area contributed by atoms with Crippen LogP contribution < -0.4 is 0 Å². The van der Waals surface area contributed by atoms with E-state index in [1.165, 1.54) is 0 Å². The van der Waals surface area contributed by atoms with Gasteiger partial charge >= 0.3 is 0 Å². The second-order valence-corrected chi connectivity index (χ2v) is 6.22. The Morgan fingerprint density at radius 2 is 1.30 bits per heavy atom. The smallest absolute Gasteiger partial charge is 0.0274 e. The summed E-state index contributed by atoms with van der Waals surface area (Å²) in [5.41, 5.74) is 0. The van der Waals surface area contributed by atoms with Crippen LogP contribution in [0.4, 0.5) is 0 Å². The summed E-state index contributed by atoms with van der Waals surface area (Å²) in [5, 5.41) is 0. The molecule has 1 heterocycles. The first-order valence-corrected chi connectivity index (χ1v) is 7.05. The minimum Gasteiger partial charge on any atom is -0.265 e. The summed E-state index contributed by atoms with van der Waals surface area (Å²) in [6.07, 6.45) is 3.50. The average molecular weight is 153 g/mol. The van der Waals surface area contributed by atoms with Crippen LogP contribution in [0.25, 0.3) is 0 Å². The normalized spacial score (nSPS) is 8.40. The number of hydrogen-bond donors (Lipinski definition) is 0. The van der Waals surface area contributed by atoms with Gasteiger partial charge in [-0.05, 0) is 12.1 Å². The van der Waals surface area contributed by atoms with E-state index >= 15 is 0 Å². The zero-order valence-electron chi connectivity index (χ0n) is 6.91. The molecule has 10 heavy (non-hydrogen) atoms. The SMILES string of the molecule is C[SiH](C)C.c1ccncc1. The van der Waals surface area contributed by atoms with Gasteiger partial charge in [0.25, 0.3) is 0 Å². The van der Waals surface area contributed by atoms with Crippen LogP contribution in [0.15, 0.2) is 30.6 Å². The summed E-state index contributed by atoms with van der Waals surface area (Å²) < 4.78 is 0. The molecule has 1 aromatic rings. The lowest BCUT2D eigenvalue weighted by atomic mass is 10.5. The highest BCUT2D eigenvalue weighted by atomic mass is 28.3. The molecule has 0 atom stereocenters. The van der Waals surface area contributed by atoms with Gasteiger partial charge in [-0.25, -0.2) is 0 Å². The molecule has 0 saturated heterocycles. The summed E-state index contributed by atoms with van der Waals surface area (Å²) in [6.45, 7) is 6.92. The molecule has 0 fully saturated rings. The number of nitrogens with zero attached hydrogens (tertiary/aromatic N) is 1. The fourth-order valence-corrected chi connectivity index (χ4v) is 0.313. The first-order valence-electron chi connectivity index (χ1n) is 3.58. The zero-order valence-corrected chi connectivity index (χ0v) is 8.07. The number of pyridine rings is 1. The number of hydrogen-bond acceptors (Lipinski definition) is 1. The van der Waals surface area contributed by atoms with E-state index in [1.54, 1.807) is 12.4 Å². The molecule has 0 aliphatic rings. The highest BCUT2D eigenvalue weighted by molar-refractivity contribution is 6.54. The molecule has 1 rings (SSSR count). The van der Waals surface area contributed by atoms with Crippen LogP contribution in [0.1, 0.15) is 0 Å². The first kappa shape index (κ1) is 9.37. The Balaban J connectivity index is 0.000000180. The molecule has 0 N–H and O–H groups in total. The maximum Gasteiger partial charge on any atom is 0.0274 e. The van der Waals surface area contributed by atoms with Gasteiger partial charge in [0.2, 0.25) is 0 Å². The largest absolute Gasteiger partial charge is 0.265 e. The lowest BCUT2D eigenvalue weighted by Gasteiger charge is -1.75. The molecule has 0 unspecified atom stereocenters. The van der Waals surface area contributed by atoms with Crippen molar-refractivity contribution in [3.63, 3.8) is 0 Å². The van der Waals surface area contributed by atoms with E-state index in [9.17, 15) is 0 Å². The van der Waals surface area contributed by atoms with Crippen molar-refractivity contribution in [1.29, 1.82) is 0 Å². The predicted molar refractivity (Wildman–Crippen MR) is 49.0 cm³/mol. The third-order valence-corrected chi connectivity index (χ3v) is 0.566. The summed E-state index contributed by atoms with van der Waals surface area (Å²) in [6, 6.07) is 5.72. The van der Waals surface area contributed by atoms with E-state index in [-0.39, 0.29) is 8.80 Å². The highest BCUT2D eigenvalue weighted by Gasteiger charge is 1.71. The Hall–Kier alpha value is -0.633. The second kappa shape index (κ2) is 6.49. The van der Waals surface area contributed by atoms with Crippen molar-refractivity contribution >= 4 is 8.80 Å². The van der Waals surface area contributed by atoms with E-state index in [2.05, 4.69) is 24.6 Å². The van der Waals surface area contributed by atoms with Crippen molar-refractivity contribution in [1.82, 2.24) is 4.98 Å². The van der Waals surface area contributed by atoms with Crippen molar-refractivity contribution in [2.75, 3.05) is 0 Å². The lowest BCUT2D eigenvalue weighted by molar-refractivity contribution is 1.33. The van der Waals surface area contributed by atoms with Crippen molar-refractivity contribution in [3.05, 3.63) is 30.6 Å². The van der Waals surface area contributed by atoms with Gasteiger partial charge in [-0.2, -0.15) is 0 Å². The summed E-state index contributed by atoms with van der Waals surface area (Å²) in [4.78, 5) is 3.78. The molecule has 2 heteroatoms. The van der Waals surface area contributed by atoms with Crippen LogP contribution in [-0.2, 0) is 0 Å². The molecular formula is C8H15NSi. The van der Waals surface area contributed by atoms with Gasteiger partial charge < -0.3 is 0 Å². The maximum absolute atomic E-state index is 3.78. The molecule has 0 saturated carbocycles. The molecule has 0 bridgehead atoms. The van der Waals surface area contributed by atoms with Crippen LogP contribution in [0.2, 0.25) is 19.6 Å². The van der Waals surface area contributed by atoms with Crippen molar-refractivity contribution in [2.24, 2.45) is 0 Å². The third-order valence-electron chi connectivity index (χ3n) is 0.566. The van der Waals surface area contributed by atoms with Gasteiger partial charge in [-0.3, -0.25) is 4.98 Å². The predicted octanol–water partition coefficient (Wildman–Crippen LogP) is 2.18. The third kappa shape index (κ3) is 10.4. The highest BCUT2D eigenvalue weighted by Crippen LogP contribution is 1.73. The molecule has 56 valence electrons. The van der Waals surface area contributed by atoms with Gasteiger partial charge in [-0.1, -0.05) is 25.7 Å². The van der Waals surface area contributed by atoms with E-state index in [0.717, 1.165) is 0 Å². The monoisotopic (exact) mass is 153 g/mol. The quantitative estimate of drug-likeness (QED) is 0.521. The second-order valence-electron chi connectivity index (χ2n) is 2.76. The zero-order chi connectivity index (χ0) is 7.82. The minimum atomic E-state index is -0.139. The standard InChI is InChI=1S/C5H5N.C3H10Si/c1-2-4-6-5-3-1;1-4(2)3/h1-5H;4H,1-3H3. The molecule has 0 aliphatic heterocycles. The molecule has 0 amide bonds. The van der Waals surface area contributed by atoms with E-state index in [1.807, 2.05) is 18.2 Å². The van der Waals surface area contributed by atoms with Gasteiger partial charge in [0.05, 0.1) is 0 Å². The Morgan fingerprint density at radius 3 is 1.40 bits per heavy atom. The molecule has 1 nitrogen and oxygen atoms in total. The molecule has 1 aromatic heterocycles. The minimum absolute atomic E-state index is 0.139. The van der Waals surface area contributed by atoms with Crippen LogP contribution in [-0.4, -0.2) is 13.8 Å². The topological polar surface area (TPSA) is 12.9 Å². The van der Waals surface area contributed by atoms with Gasteiger partial charge in [0.1, 0.15) is 0 Å². The van der Waals surface area contributed by atoms with E-state index in [4.69, 9.17) is 0 Å². The molecule has 0 aromatic carbocycles. The maximum atomic E-state index is 3.78. The molecule has 0 aliphatic carbocycles. The number of rotatable bonds is 0. The molecule has 0 spiro atoms. The van der Waals surface area contributed by atoms with Crippen molar-refractivity contribution in [3.8, 4) is 0 Å². The Morgan fingerprint density at radius 1 is 0.900 bits per heavy atom. The first-order chi connectivity index (χ1) is 4.73.